The number of carbonyl (C=O) groups excluding carboxylic acids is 1. The van der Waals surface area contributed by atoms with Crippen molar-refractivity contribution in [3.05, 3.63) is 124 Å². The van der Waals surface area contributed by atoms with Crippen molar-refractivity contribution in [1.82, 2.24) is 9.80 Å². The van der Waals surface area contributed by atoms with Gasteiger partial charge in [0.1, 0.15) is 17.9 Å². The topological polar surface area (TPSA) is 63.0 Å². The normalized spacial score (nSPS) is 14.9. The van der Waals surface area contributed by atoms with Crippen molar-refractivity contribution in [2.45, 2.75) is 19.1 Å². The maximum atomic E-state index is 14.0. The van der Waals surface area contributed by atoms with E-state index in [0.717, 1.165) is 34.9 Å². The molecule has 1 aromatic heterocycles. The number of hydrogen-bond donors (Lipinski definition) is 0. The SMILES string of the molecule is CN(C)CCCN1C(=O)c2oc3c(ccc4ccccc43)c(=O)c2C1c1cccc(OCc2ccccc2)c1. The quantitative estimate of drug-likeness (QED) is 0.235. The van der Waals surface area contributed by atoms with E-state index in [1.807, 2.05) is 99.0 Å². The van der Waals surface area contributed by atoms with Gasteiger partial charge in [-0.05, 0) is 61.8 Å². The smallest absolute Gasteiger partial charge is 0.290 e. The predicted molar refractivity (Wildman–Crippen MR) is 153 cm³/mol. The molecule has 1 aliphatic rings. The zero-order valence-electron chi connectivity index (χ0n) is 22.1. The number of ether oxygens (including phenoxy) is 1. The van der Waals surface area contributed by atoms with Crippen molar-refractivity contribution < 1.29 is 13.9 Å². The van der Waals surface area contributed by atoms with Crippen molar-refractivity contribution >= 4 is 27.6 Å². The lowest BCUT2D eigenvalue weighted by Gasteiger charge is -2.26. The molecular formula is C33H30N2O4. The zero-order valence-corrected chi connectivity index (χ0v) is 22.1. The standard InChI is InChI=1S/C33H30N2O4/c1-34(2)18-9-19-35-29(24-13-8-14-25(20-24)38-21-22-10-4-3-5-11-22)28-30(36)27-17-16-23-12-6-7-15-26(23)31(27)39-32(28)33(35)37/h3-8,10-17,20,29H,9,18-19,21H2,1-2H3. The lowest BCUT2D eigenvalue weighted by molar-refractivity contribution is 0.0722. The Labute approximate surface area is 227 Å². The maximum Gasteiger partial charge on any atom is 0.290 e. The molecule has 1 atom stereocenters. The number of hydrogen-bond acceptors (Lipinski definition) is 5. The lowest BCUT2D eigenvalue weighted by atomic mass is 9.97. The van der Waals surface area contributed by atoms with Crippen LogP contribution >= 0.6 is 0 Å². The van der Waals surface area contributed by atoms with Gasteiger partial charge in [0.25, 0.3) is 5.91 Å². The summed E-state index contributed by atoms with van der Waals surface area (Å²) >= 11 is 0. The van der Waals surface area contributed by atoms with Crippen molar-refractivity contribution in [1.29, 1.82) is 0 Å². The Balaban J connectivity index is 1.45. The summed E-state index contributed by atoms with van der Waals surface area (Å²) in [7, 11) is 4.02. The van der Waals surface area contributed by atoms with Gasteiger partial charge in [-0.25, -0.2) is 0 Å². The van der Waals surface area contributed by atoms with Gasteiger partial charge >= 0.3 is 0 Å². The van der Waals surface area contributed by atoms with E-state index in [1.54, 1.807) is 11.0 Å². The summed E-state index contributed by atoms with van der Waals surface area (Å²) < 4.78 is 12.4. The van der Waals surface area contributed by atoms with Crippen LogP contribution in [0, 0.1) is 0 Å². The summed E-state index contributed by atoms with van der Waals surface area (Å²) in [5.74, 6) is 0.562. The van der Waals surface area contributed by atoms with Crippen LogP contribution < -0.4 is 10.2 Å². The molecule has 6 nitrogen and oxygen atoms in total. The van der Waals surface area contributed by atoms with Crippen LogP contribution in [0.2, 0.25) is 0 Å². The van der Waals surface area contributed by atoms with Crippen LogP contribution in [0.4, 0.5) is 0 Å². The summed E-state index contributed by atoms with van der Waals surface area (Å²) in [6, 6.07) is 28.6. The van der Waals surface area contributed by atoms with Gasteiger partial charge in [0.2, 0.25) is 5.76 Å². The highest BCUT2D eigenvalue weighted by Gasteiger charge is 2.42. The molecule has 1 aliphatic heterocycles. The number of rotatable bonds is 8. The number of nitrogens with zero attached hydrogens (tertiary/aromatic N) is 2. The molecule has 39 heavy (non-hydrogen) atoms. The fourth-order valence-corrected chi connectivity index (χ4v) is 5.40. The minimum atomic E-state index is -0.554. The van der Waals surface area contributed by atoms with E-state index in [0.29, 0.717) is 35.4 Å². The Kier molecular flexibility index (Phi) is 6.63. The van der Waals surface area contributed by atoms with Gasteiger partial charge in [-0.15, -0.1) is 0 Å². The Morgan fingerprint density at radius 3 is 2.49 bits per heavy atom. The van der Waals surface area contributed by atoms with E-state index in [4.69, 9.17) is 9.15 Å². The molecule has 0 bridgehead atoms. The van der Waals surface area contributed by atoms with E-state index in [-0.39, 0.29) is 17.1 Å². The largest absolute Gasteiger partial charge is 0.489 e. The zero-order chi connectivity index (χ0) is 26.9. The van der Waals surface area contributed by atoms with Gasteiger partial charge in [0.05, 0.1) is 17.0 Å². The van der Waals surface area contributed by atoms with E-state index in [2.05, 4.69) is 4.90 Å². The highest BCUT2D eigenvalue weighted by atomic mass is 16.5. The van der Waals surface area contributed by atoms with Crippen molar-refractivity contribution in [3.63, 3.8) is 0 Å². The van der Waals surface area contributed by atoms with Gasteiger partial charge in [-0.1, -0.05) is 72.8 Å². The third kappa shape index (κ3) is 4.68. The summed E-state index contributed by atoms with van der Waals surface area (Å²) in [6.45, 7) is 1.75. The maximum absolute atomic E-state index is 14.0. The summed E-state index contributed by atoms with van der Waals surface area (Å²) in [5.41, 5.74) is 2.58. The molecule has 6 heteroatoms. The highest BCUT2D eigenvalue weighted by molar-refractivity contribution is 6.06. The first-order valence-electron chi connectivity index (χ1n) is 13.2. The Morgan fingerprint density at radius 1 is 0.872 bits per heavy atom. The molecule has 1 unspecified atom stereocenters. The number of amides is 1. The molecule has 0 saturated heterocycles. The molecule has 0 spiro atoms. The van der Waals surface area contributed by atoms with Crippen LogP contribution in [-0.2, 0) is 6.61 Å². The van der Waals surface area contributed by atoms with Crippen LogP contribution in [0.5, 0.6) is 5.75 Å². The van der Waals surface area contributed by atoms with E-state index < -0.39 is 6.04 Å². The van der Waals surface area contributed by atoms with E-state index in [1.165, 1.54) is 0 Å². The highest BCUT2D eigenvalue weighted by Crippen LogP contribution is 2.40. The third-order valence-corrected chi connectivity index (χ3v) is 7.28. The van der Waals surface area contributed by atoms with Gasteiger partial charge in [0.15, 0.2) is 5.43 Å². The molecule has 2 heterocycles. The fourth-order valence-electron chi connectivity index (χ4n) is 5.40. The Hall–Kier alpha value is -4.42. The van der Waals surface area contributed by atoms with Crippen molar-refractivity contribution in [3.8, 4) is 5.75 Å². The second kappa shape index (κ2) is 10.4. The van der Waals surface area contributed by atoms with E-state index >= 15 is 0 Å². The molecule has 5 aromatic rings. The molecule has 0 radical (unpaired) electrons. The first kappa shape index (κ1) is 24.9. The van der Waals surface area contributed by atoms with Crippen LogP contribution in [0.25, 0.3) is 21.7 Å². The molecule has 0 fully saturated rings. The average Bonchev–Trinajstić information content (AvgIpc) is 3.24. The lowest BCUT2D eigenvalue weighted by Crippen LogP contribution is -2.32. The van der Waals surface area contributed by atoms with Gasteiger partial charge < -0.3 is 19.0 Å². The van der Waals surface area contributed by atoms with Crippen LogP contribution in [0.1, 0.15) is 39.7 Å². The van der Waals surface area contributed by atoms with Gasteiger partial charge in [0, 0.05) is 11.9 Å². The predicted octanol–water partition coefficient (Wildman–Crippen LogP) is 6.02. The van der Waals surface area contributed by atoms with Crippen LogP contribution in [-0.4, -0.2) is 42.9 Å². The second-order valence-electron chi connectivity index (χ2n) is 10.2. The number of carbonyl (C=O) groups is 1. The van der Waals surface area contributed by atoms with Crippen molar-refractivity contribution in [2.24, 2.45) is 0 Å². The first-order chi connectivity index (χ1) is 19.0. The monoisotopic (exact) mass is 518 g/mol. The summed E-state index contributed by atoms with van der Waals surface area (Å²) in [5, 5.41) is 2.26. The minimum Gasteiger partial charge on any atom is -0.489 e. The van der Waals surface area contributed by atoms with E-state index in [9.17, 15) is 9.59 Å². The van der Waals surface area contributed by atoms with Gasteiger partial charge in [-0.3, -0.25) is 9.59 Å². The first-order valence-corrected chi connectivity index (χ1v) is 13.2. The fraction of sp³-hybridized carbons (Fsp3) is 0.212. The van der Waals surface area contributed by atoms with Crippen molar-refractivity contribution in [2.75, 3.05) is 27.2 Å². The number of fused-ring (bicyclic) bond motifs is 4. The summed E-state index contributed by atoms with van der Waals surface area (Å²) in [6.07, 6.45) is 0.768. The molecule has 4 aromatic carbocycles. The van der Waals surface area contributed by atoms with Crippen LogP contribution in [0.3, 0.4) is 0 Å². The third-order valence-electron chi connectivity index (χ3n) is 7.28. The minimum absolute atomic E-state index is 0.134. The molecule has 0 saturated carbocycles. The molecular weight excluding hydrogens is 488 g/mol. The van der Waals surface area contributed by atoms with Gasteiger partial charge in [-0.2, -0.15) is 0 Å². The molecule has 0 N–H and O–H groups in total. The molecule has 1 amide bonds. The average molecular weight is 519 g/mol. The van der Waals surface area contributed by atoms with Crippen LogP contribution in [0.15, 0.2) is 100 Å². The molecule has 196 valence electrons. The summed E-state index contributed by atoms with van der Waals surface area (Å²) in [4.78, 5) is 31.7. The second-order valence-corrected chi connectivity index (χ2v) is 10.2. The number of benzene rings is 4. The Morgan fingerprint density at radius 2 is 1.67 bits per heavy atom. The molecule has 6 rings (SSSR count). The molecule has 0 aliphatic carbocycles. The Bertz CT molecular complexity index is 1730.